The summed E-state index contributed by atoms with van der Waals surface area (Å²) in [4.78, 5) is 22.5. The maximum absolute atomic E-state index is 13.9. The molecule has 0 saturated carbocycles. The highest BCUT2D eigenvalue weighted by Gasteiger charge is 2.12. The highest BCUT2D eigenvalue weighted by Crippen LogP contribution is 2.24. The van der Waals surface area contributed by atoms with Crippen molar-refractivity contribution in [1.29, 1.82) is 0 Å². The average Bonchev–Trinajstić information content (AvgIpc) is 2.58. The summed E-state index contributed by atoms with van der Waals surface area (Å²) in [7, 11) is 1.44. The topological polar surface area (TPSA) is 72.8 Å². The lowest BCUT2D eigenvalue weighted by Gasteiger charge is -2.11. The van der Waals surface area contributed by atoms with E-state index in [1.165, 1.54) is 19.2 Å². The van der Waals surface area contributed by atoms with Crippen LogP contribution in [-0.4, -0.2) is 24.0 Å². The number of hydrogen-bond acceptors (Lipinski definition) is 4. The molecule has 0 fully saturated rings. The average molecular weight is 332 g/mol. The van der Waals surface area contributed by atoms with E-state index in [0.717, 1.165) is 0 Å². The van der Waals surface area contributed by atoms with E-state index >= 15 is 0 Å². The molecule has 0 spiro atoms. The lowest BCUT2D eigenvalue weighted by Crippen LogP contribution is -2.05. The second-order valence-corrected chi connectivity index (χ2v) is 5.05. The van der Waals surface area contributed by atoms with Crippen molar-refractivity contribution >= 4 is 11.8 Å². The van der Waals surface area contributed by atoms with Gasteiger partial charge in [0.15, 0.2) is 5.78 Å². The predicted octanol–water partition coefficient (Wildman–Crippen LogP) is 3.46. The Balaban J connectivity index is 2.08. The lowest BCUT2D eigenvalue weighted by molar-refractivity contribution is -0.136. The minimum atomic E-state index is -1.03. The molecule has 0 aliphatic heterocycles. The molecule has 0 heterocycles. The van der Waals surface area contributed by atoms with Crippen LogP contribution in [0, 0.1) is 5.82 Å². The third-order valence-corrected chi connectivity index (χ3v) is 3.40. The number of ether oxygens (including phenoxy) is 2. The van der Waals surface area contributed by atoms with Crippen molar-refractivity contribution < 1.29 is 28.6 Å². The molecule has 0 aliphatic carbocycles. The molecule has 2 aromatic carbocycles. The molecule has 0 saturated heterocycles. The summed E-state index contributed by atoms with van der Waals surface area (Å²) in [6, 6.07) is 10.8. The second kappa shape index (κ2) is 8.10. The van der Waals surface area contributed by atoms with Crippen LogP contribution in [0.3, 0.4) is 0 Å². The van der Waals surface area contributed by atoms with Crippen LogP contribution >= 0.6 is 0 Å². The molecule has 0 unspecified atom stereocenters. The van der Waals surface area contributed by atoms with Gasteiger partial charge in [-0.2, -0.15) is 0 Å². The first-order chi connectivity index (χ1) is 11.5. The fraction of sp³-hybridized carbons (Fsp3) is 0.222. The Labute approximate surface area is 138 Å². The molecule has 5 nitrogen and oxygen atoms in total. The number of carboxylic acid groups (broad SMARTS) is 1. The normalized spacial score (nSPS) is 10.2. The van der Waals surface area contributed by atoms with Gasteiger partial charge in [-0.1, -0.05) is 18.2 Å². The number of hydrogen-bond donors (Lipinski definition) is 1. The monoisotopic (exact) mass is 332 g/mol. The third-order valence-electron chi connectivity index (χ3n) is 3.40. The van der Waals surface area contributed by atoms with Crippen LogP contribution < -0.4 is 9.47 Å². The highest BCUT2D eigenvalue weighted by atomic mass is 19.1. The van der Waals surface area contributed by atoms with Gasteiger partial charge in [0.05, 0.1) is 19.1 Å². The molecule has 24 heavy (non-hydrogen) atoms. The van der Waals surface area contributed by atoms with E-state index in [9.17, 15) is 14.0 Å². The lowest BCUT2D eigenvalue weighted by atomic mass is 10.1. The number of aliphatic carboxylic acids is 1. The maximum atomic E-state index is 13.9. The molecule has 0 bridgehead atoms. The van der Waals surface area contributed by atoms with E-state index in [4.69, 9.17) is 14.6 Å². The SMILES string of the molecule is COc1cccc(F)c1COc1cccc(C(=O)CCC(=O)O)c1. The smallest absolute Gasteiger partial charge is 0.303 e. The number of methoxy groups -OCH3 is 1. The minimum Gasteiger partial charge on any atom is -0.496 e. The summed E-state index contributed by atoms with van der Waals surface area (Å²) in [5, 5.41) is 8.63. The van der Waals surface area contributed by atoms with Crippen LogP contribution in [-0.2, 0) is 11.4 Å². The summed E-state index contributed by atoms with van der Waals surface area (Å²) in [5.74, 6) is -0.984. The number of carbonyl (C=O) groups excluding carboxylic acids is 1. The molecule has 0 amide bonds. The first-order valence-corrected chi connectivity index (χ1v) is 7.30. The number of Topliss-reactive ketones (excluding diaryl/α,β-unsaturated/α-hetero) is 1. The zero-order valence-electron chi connectivity index (χ0n) is 13.1. The quantitative estimate of drug-likeness (QED) is 0.750. The molecule has 0 aliphatic rings. The molecule has 0 atom stereocenters. The van der Waals surface area contributed by atoms with Crippen LogP contribution in [0.1, 0.15) is 28.8 Å². The summed E-state index contributed by atoms with van der Waals surface area (Å²) < 4.78 is 24.5. The zero-order valence-corrected chi connectivity index (χ0v) is 13.1. The van der Waals surface area contributed by atoms with Crippen molar-refractivity contribution in [3.05, 3.63) is 59.4 Å². The molecule has 2 rings (SSSR count). The summed E-state index contributed by atoms with van der Waals surface area (Å²) in [6.07, 6.45) is -0.309. The van der Waals surface area contributed by atoms with E-state index in [0.29, 0.717) is 17.1 Å². The largest absolute Gasteiger partial charge is 0.496 e. The Morgan fingerprint density at radius 1 is 1.12 bits per heavy atom. The van der Waals surface area contributed by atoms with E-state index in [-0.39, 0.29) is 30.8 Å². The van der Waals surface area contributed by atoms with Gasteiger partial charge < -0.3 is 14.6 Å². The van der Waals surface area contributed by atoms with Crippen molar-refractivity contribution in [2.45, 2.75) is 19.4 Å². The number of benzene rings is 2. The third kappa shape index (κ3) is 4.55. The van der Waals surface area contributed by atoms with Crippen LogP contribution in [0.4, 0.5) is 4.39 Å². The Kier molecular flexibility index (Phi) is 5.89. The van der Waals surface area contributed by atoms with Gasteiger partial charge in [0.2, 0.25) is 0 Å². The first kappa shape index (κ1) is 17.5. The summed E-state index contributed by atoms with van der Waals surface area (Å²) >= 11 is 0. The van der Waals surface area contributed by atoms with Crippen LogP contribution in [0.25, 0.3) is 0 Å². The Hall–Kier alpha value is -2.89. The van der Waals surface area contributed by atoms with Gasteiger partial charge in [-0.05, 0) is 24.3 Å². The van der Waals surface area contributed by atoms with Crippen molar-refractivity contribution in [3.63, 3.8) is 0 Å². The van der Waals surface area contributed by atoms with Crippen LogP contribution in [0.15, 0.2) is 42.5 Å². The highest BCUT2D eigenvalue weighted by molar-refractivity contribution is 5.97. The van der Waals surface area contributed by atoms with Gasteiger partial charge in [-0.15, -0.1) is 0 Å². The predicted molar refractivity (Wildman–Crippen MR) is 84.9 cm³/mol. The molecule has 1 N–H and O–H groups in total. The summed E-state index contributed by atoms with van der Waals surface area (Å²) in [6.45, 7) is -0.0530. The van der Waals surface area contributed by atoms with E-state index < -0.39 is 11.8 Å². The Morgan fingerprint density at radius 3 is 2.58 bits per heavy atom. The summed E-state index contributed by atoms with van der Waals surface area (Å²) in [5.41, 5.74) is 0.636. The molecule has 6 heteroatoms. The Bertz CT molecular complexity index is 742. The molecule has 0 radical (unpaired) electrons. The number of carbonyl (C=O) groups is 2. The zero-order chi connectivity index (χ0) is 17.5. The van der Waals surface area contributed by atoms with Gasteiger partial charge in [0, 0.05) is 12.0 Å². The van der Waals surface area contributed by atoms with Gasteiger partial charge in [-0.3, -0.25) is 9.59 Å². The minimum absolute atomic E-state index is 0.0530. The van der Waals surface area contributed by atoms with Crippen LogP contribution in [0.2, 0.25) is 0 Å². The standard InChI is InChI=1S/C18H17FO5/c1-23-17-7-3-6-15(19)14(17)11-24-13-5-2-4-12(10-13)16(20)8-9-18(21)22/h2-7,10H,8-9,11H2,1H3,(H,21,22). The van der Waals surface area contributed by atoms with Crippen LogP contribution in [0.5, 0.6) is 11.5 Å². The number of ketones is 1. The maximum Gasteiger partial charge on any atom is 0.303 e. The van der Waals surface area contributed by atoms with Gasteiger partial charge in [-0.25, -0.2) is 4.39 Å². The fourth-order valence-electron chi connectivity index (χ4n) is 2.15. The number of rotatable bonds is 8. The molecule has 126 valence electrons. The second-order valence-electron chi connectivity index (χ2n) is 5.05. The van der Waals surface area contributed by atoms with Crippen molar-refractivity contribution in [3.8, 4) is 11.5 Å². The van der Waals surface area contributed by atoms with E-state index in [1.807, 2.05) is 0 Å². The molecule has 2 aromatic rings. The van der Waals surface area contributed by atoms with Gasteiger partial charge in [0.1, 0.15) is 23.9 Å². The van der Waals surface area contributed by atoms with Gasteiger partial charge in [0.25, 0.3) is 0 Å². The number of halogens is 1. The van der Waals surface area contributed by atoms with Gasteiger partial charge >= 0.3 is 5.97 Å². The number of carboxylic acids is 1. The first-order valence-electron chi connectivity index (χ1n) is 7.30. The van der Waals surface area contributed by atoms with Crippen molar-refractivity contribution in [2.75, 3.05) is 7.11 Å². The van der Waals surface area contributed by atoms with E-state index in [1.54, 1.807) is 30.3 Å². The van der Waals surface area contributed by atoms with E-state index in [2.05, 4.69) is 0 Å². The fourth-order valence-corrected chi connectivity index (χ4v) is 2.15. The van der Waals surface area contributed by atoms with Crippen molar-refractivity contribution in [1.82, 2.24) is 0 Å². The Morgan fingerprint density at radius 2 is 1.88 bits per heavy atom. The molecular weight excluding hydrogens is 315 g/mol. The van der Waals surface area contributed by atoms with Crippen molar-refractivity contribution in [2.24, 2.45) is 0 Å². The molecule has 0 aromatic heterocycles. The molecular formula is C18H17FO5.